The molecule has 0 aliphatic rings. The van der Waals surface area contributed by atoms with Gasteiger partial charge in [0.05, 0.1) is 5.52 Å². The van der Waals surface area contributed by atoms with E-state index in [1.807, 2.05) is 18.2 Å². The lowest BCUT2D eigenvalue weighted by atomic mass is 10.2. The minimum Gasteiger partial charge on any atom is -0.372 e. The van der Waals surface area contributed by atoms with Crippen molar-refractivity contribution in [1.29, 1.82) is 0 Å². The van der Waals surface area contributed by atoms with E-state index < -0.39 is 0 Å². The van der Waals surface area contributed by atoms with Crippen LogP contribution in [0.25, 0.3) is 10.9 Å². The second kappa shape index (κ2) is 8.12. The summed E-state index contributed by atoms with van der Waals surface area (Å²) in [6, 6.07) is 16.8. The van der Waals surface area contributed by atoms with Gasteiger partial charge >= 0.3 is 0 Å². The summed E-state index contributed by atoms with van der Waals surface area (Å²) < 4.78 is 0.510. The van der Waals surface area contributed by atoms with Crippen LogP contribution in [0.1, 0.15) is 18.9 Å². The zero-order valence-electron chi connectivity index (χ0n) is 14.7. The third-order valence-corrected chi connectivity index (χ3v) is 4.48. The Morgan fingerprint density at radius 1 is 1.16 bits per heavy atom. The highest BCUT2D eigenvalue weighted by Gasteiger charge is 2.06. The molecule has 0 saturated carbocycles. The van der Waals surface area contributed by atoms with Crippen LogP contribution in [-0.2, 0) is 0 Å². The number of anilines is 2. The van der Waals surface area contributed by atoms with Gasteiger partial charge in [0.1, 0.15) is 5.82 Å². The fraction of sp³-hybridized carbons (Fsp3) is 0.300. The van der Waals surface area contributed by atoms with E-state index in [0.717, 1.165) is 42.8 Å². The van der Waals surface area contributed by atoms with Gasteiger partial charge in [-0.15, -0.1) is 0 Å². The van der Waals surface area contributed by atoms with Crippen LogP contribution in [0, 0.1) is 11.7 Å². The number of nitrogens with one attached hydrogen (secondary N) is 2. The Morgan fingerprint density at radius 3 is 2.80 bits per heavy atom. The standard InChI is InChI=1S/C20H24N4S/c1-3-24(16-9-6-8-15(2)14-16)13-7-12-21-19-17-10-4-5-11-18(17)22-20(25)23-19/h4-6,8-11,14H,3,7,12-13H2,1-2H3,(H2,21,22,23,25). The molecule has 2 N–H and O–H groups in total. The van der Waals surface area contributed by atoms with Gasteiger partial charge in [-0.3, -0.25) is 0 Å². The van der Waals surface area contributed by atoms with E-state index in [1.54, 1.807) is 0 Å². The Bertz CT molecular complexity index is 903. The summed E-state index contributed by atoms with van der Waals surface area (Å²) in [5.41, 5.74) is 3.59. The molecule has 0 aliphatic carbocycles. The zero-order chi connectivity index (χ0) is 17.6. The predicted octanol–water partition coefficient (Wildman–Crippen LogP) is 4.93. The number of hydrogen-bond acceptors (Lipinski definition) is 4. The molecule has 0 radical (unpaired) electrons. The van der Waals surface area contributed by atoms with Gasteiger partial charge in [0.15, 0.2) is 4.77 Å². The van der Waals surface area contributed by atoms with Crippen molar-refractivity contribution in [3.05, 3.63) is 58.9 Å². The molecule has 0 fully saturated rings. The van der Waals surface area contributed by atoms with Crippen molar-refractivity contribution in [3.8, 4) is 0 Å². The summed E-state index contributed by atoms with van der Waals surface area (Å²) in [5, 5.41) is 4.52. The summed E-state index contributed by atoms with van der Waals surface area (Å²) >= 11 is 5.23. The Morgan fingerprint density at radius 2 is 2.00 bits per heavy atom. The number of hydrogen-bond donors (Lipinski definition) is 2. The summed E-state index contributed by atoms with van der Waals surface area (Å²) in [6.45, 7) is 7.19. The first-order chi connectivity index (χ1) is 12.2. The average molecular weight is 353 g/mol. The van der Waals surface area contributed by atoms with Gasteiger partial charge in [0.25, 0.3) is 0 Å². The molecule has 25 heavy (non-hydrogen) atoms. The third-order valence-electron chi connectivity index (χ3n) is 4.28. The van der Waals surface area contributed by atoms with Gasteiger partial charge in [-0.2, -0.15) is 0 Å². The molecular weight excluding hydrogens is 328 g/mol. The van der Waals surface area contributed by atoms with Crippen LogP contribution in [0.5, 0.6) is 0 Å². The first-order valence-electron chi connectivity index (χ1n) is 8.72. The number of fused-ring (bicyclic) bond motifs is 1. The van der Waals surface area contributed by atoms with Crippen molar-refractivity contribution < 1.29 is 0 Å². The Balaban J connectivity index is 1.62. The molecule has 1 heterocycles. The fourth-order valence-electron chi connectivity index (χ4n) is 3.01. The molecule has 4 nitrogen and oxygen atoms in total. The molecule has 0 unspecified atom stereocenters. The van der Waals surface area contributed by atoms with E-state index >= 15 is 0 Å². The molecule has 0 bridgehead atoms. The van der Waals surface area contributed by atoms with E-state index in [0.29, 0.717) is 4.77 Å². The molecule has 0 spiro atoms. The van der Waals surface area contributed by atoms with Crippen molar-refractivity contribution in [2.75, 3.05) is 29.9 Å². The SMILES string of the molecule is CCN(CCCNc1nc(=S)[nH]c2ccccc12)c1cccc(C)c1. The largest absolute Gasteiger partial charge is 0.372 e. The lowest BCUT2D eigenvalue weighted by Crippen LogP contribution is -2.25. The molecular formula is C20H24N4S. The lowest BCUT2D eigenvalue weighted by molar-refractivity contribution is 0.767. The first kappa shape index (κ1) is 17.4. The van der Waals surface area contributed by atoms with Crippen LogP contribution in [0.3, 0.4) is 0 Å². The number of nitrogens with zero attached hydrogens (tertiary/aromatic N) is 2. The summed E-state index contributed by atoms with van der Waals surface area (Å²) in [7, 11) is 0. The molecule has 5 heteroatoms. The number of aromatic nitrogens is 2. The molecule has 0 saturated heterocycles. The topological polar surface area (TPSA) is 44.0 Å². The van der Waals surface area contributed by atoms with Crippen LogP contribution in [0.4, 0.5) is 11.5 Å². The average Bonchev–Trinajstić information content (AvgIpc) is 2.61. The van der Waals surface area contributed by atoms with E-state index in [-0.39, 0.29) is 0 Å². The molecule has 2 aromatic carbocycles. The molecule has 0 atom stereocenters. The monoisotopic (exact) mass is 352 g/mol. The second-order valence-electron chi connectivity index (χ2n) is 6.14. The van der Waals surface area contributed by atoms with E-state index in [1.165, 1.54) is 11.3 Å². The van der Waals surface area contributed by atoms with Gasteiger partial charge in [0, 0.05) is 30.7 Å². The van der Waals surface area contributed by atoms with Gasteiger partial charge in [-0.25, -0.2) is 4.98 Å². The zero-order valence-corrected chi connectivity index (χ0v) is 15.6. The van der Waals surface area contributed by atoms with Crippen molar-refractivity contribution in [1.82, 2.24) is 9.97 Å². The Kier molecular flexibility index (Phi) is 5.66. The van der Waals surface area contributed by atoms with E-state index in [4.69, 9.17) is 12.2 Å². The maximum absolute atomic E-state index is 5.23. The van der Waals surface area contributed by atoms with Gasteiger partial charge < -0.3 is 15.2 Å². The van der Waals surface area contributed by atoms with E-state index in [9.17, 15) is 0 Å². The normalized spacial score (nSPS) is 10.8. The highest BCUT2D eigenvalue weighted by molar-refractivity contribution is 7.71. The van der Waals surface area contributed by atoms with E-state index in [2.05, 4.69) is 64.4 Å². The van der Waals surface area contributed by atoms with Crippen LogP contribution >= 0.6 is 12.2 Å². The van der Waals surface area contributed by atoms with Crippen LogP contribution in [0.15, 0.2) is 48.5 Å². The second-order valence-corrected chi connectivity index (χ2v) is 6.52. The molecule has 130 valence electrons. The number of para-hydroxylation sites is 1. The molecule has 0 amide bonds. The predicted molar refractivity (Wildman–Crippen MR) is 109 cm³/mol. The number of H-pyrrole nitrogens is 1. The Labute approximate surface area is 153 Å². The quantitative estimate of drug-likeness (QED) is 0.467. The number of benzene rings is 2. The minimum atomic E-state index is 0.510. The summed E-state index contributed by atoms with van der Waals surface area (Å²) in [4.78, 5) is 9.97. The van der Waals surface area contributed by atoms with Crippen molar-refractivity contribution >= 4 is 34.6 Å². The minimum absolute atomic E-state index is 0.510. The number of rotatable bonds is 7. The maximum Gasteiger partial charge on any atom is 0.199 e. The smallest absolute Gasteiger partial charge is 0.199 e. The van der Waals surface area contributed by atoms with Gasteiger partial charge in [-0.1, -0.05) is 24.3 Å². The molecule has 3 rings (SSSR count). The molecule has 3 aromatic rings. The van der Waals surface area contributed by atoms with Gasteiger partial charge in [-0.05, 0) is 62.3 Å². The van der Waals surface area contributed by atoms with Gasteiger partial charge in [0.2, 0.25) is 0 Å². The van der Waals surface area contributed by atoms with Crippen LogP contribution < -0.4 is 10.2 Å². The highest BCUT2D eigenvalue weighted by Crippen LogP contribution is 2.19. The number of aryl methyl sites for hydroxylation is 1. The lowest BCUT2D eigenvalue weighted by Gasteiger charge is -2.23. The highest BCUT2D eigenvalue weighted by atomic mass is 32.1. The number of aromatic amines is 1. The third kappa shape index (κ3) is 4.37. The molecule has 0 aliphatic heterocycles. The summed E-state index contributed by atoms with van der Waals surface area (Å²) in [5.74, 6) is 0.859. The van der Waals surface area contributed by atoms with Crippen LogP contribution in [0.2, 0.25) is 0 Å². The van der Waals surface area contributed by atoms with Crippen molar-refractivity contribution in [2.24, 2.45) is 0 Å². The van der Waals surface area contributed by atoms with Crippen molar-refractivity contribution in [3.63, 3.8) is 0 Å². The maximum atomic E-state index is 5.23. The first-order valence-corrected chi connectivity index (χ1v) is 9.13. The molecule has 1 aromatic heterocycles. The van der Waals surface area contributed by atoms with Crippen LogP contribution in [-0.4, -0.2) is 29.6 Å². The summed E-state index contributed by atoms with van der Waals surface area (Å²) in [6.07, 6.45) is 1.03. The van der Waals surface area contributed by atoms with Crippen molar-refractivity contribution in [2.45, 2.75) is 20.3 Å². The fourth-order valence-corrected chi connectivity index (χ4v) is 3.21. The Hall–Kier alpha value is -2.40.